The summed E-state index contributed by atoms with van der Waals surface area (Å²) in [6.07, 6.45) is 4.83. The van der Waals surface area contributed by atoms with Crippen LogP contribution in [0.2, 0.25) is 5.02 Å². The summed E-state index contributed by atoms with van der Waals surface area (Å²) in [7, 11) is 1.60. The second kappa shape index (κ2) is 12.2. The number of hydrogen-bond acceptors (Lipinski definition) is 4. The first-order valence-corrected chi connectivity index (χ1v) is 14.8. The lowest BCUT2D eigenvalue weighted by atomic mass is 9.83. The van der Waals surface area contributed by atoms with Crippen LogP contribution in [0.5, 0.6) is 5.75 Å². The number of amides is 1. The molecule has 0 saturated heterocycles. The number of carbonyl (C=O) groups is 1. The highest BCUT2D eigenvalue weighted by atomic mass is 35.5. The number of carbonyl (C=O) groups excluding carboxylic acids is 1. The van der Waals surface area contributed by atoms with E-state index in [2.05, 4.69) is 6.92 Å². The Balaban J connectivity index is 1.55. The van der Waals surface area contributed by atoms with Gasteiger partial charge in [-0.2, -0.15) is 0 Å². The van der Waals surface area contributed by atoms with Crippen LogP contribution < -0.4 is 4.74 Å². The minimum atomic E-state index is -0.645. The van der Waals surface area contributed by atoms with Gasteiger partial charge in [-0.25, -0.2) is 8.78 Å². The van der Waals surface area contributed by atoms with Crippen molar-refractivity contribution in [2.45, 2.75) is 58.2 Å². The van der Waals surface area contributed by atoms with Crippen molar-refractivity contribution in [1.82, 2.24) is 4.90 Å². The van der Waals surface area contributed by atoms with Gasteiger partial charge in [-0.05, 0) is 72.6 Å². The molecule has 4 aromatic rings. The number of rotatable bonds is 8. The number of benzene rings is 3. The summed E-state index contributed by atoms with van der Waals surface area (Å²) in [5.41, 5.74) is 3.57. The third-order valence-corrected chi connectivity index (χ3v) is 9.74. The Bertz CT molecular complexity index is 1510. The van der Waals surface area contributed by atoms with Crippen LogP contribution in [0.3, 0.4) is 0 Å². The van der Waals surface area contributed by atoms with Gasteiger partial charge < -0.3 is 14.7 Å². The van der Waals surface area contributed by atoms with E-state index >= 15 is 0 Å². The second-order valence-corrected chi connectivity index (χ2v) is 11.8. The molecule has 8 heteroatoms. The number of fused-ring (bicyclic) bond motifs is 1. The smallest absolute Gasteiger partial charge is 0.266 e. The van der Waals surface area contributed by atoms with E-state index in [-0.39, 0.29) is 45.1 Å². The van der Waals surface area contributed by atoms with E-state index in [4.69, 9.17) is 16.3 Å². The maximum absolute atomic E-state index is 14.6. The number of ether oxygens (including phenoxy) is 1. The van der Waals surface area contributed by atoms with E-state index in [1.165, 1.54) is 0 Å². The monoisotopic (exact) mass is 583 g/mol. The molecule has 4 nitrogen and oxygen atoms in total. The largest absolute Gasteiger partial charge is 0.496 e. The summed E-state index contributed by atoms with van der Waals surface area (Å²) >= 11 is 7.47. The van der Waals surface area contributed by atoms with E-state index in [1.807, 2.05) is 47.4 Å². The fraction of sp³-hybridized carbons (Fsp3) is 0.344. The molecule has 0 aliphatic heterocycles. The van der Waals surface area contributed by atoms with Crippen molar-refractivity contribution < 1.29 is 23.4 Å². The van der Waals surface area contributed by atoms with Crippen LogP contribution in [0.15, 0.2) is 54.6 Å². The van der Waals surface area contributed by atoms with Crippen molar-refractivity contribution >= 4 is 38.9 Å². The topological polar surface area (TPSA) is 49.8 Å². The number of halogens is 3. The Morgan fingerprint density at radius 2 is 1.70 bits per heavy atom. The van der Waals surface area contributed by atoms with E-state index in [0.29, 0.717) is 11.7 Å². The number of nitrogens with zero attached hydrogens (tertiary/aromatic N) is 1. The summed E-state index contributed by atoms with van der Waals surface area (Å²) in [4.78, 5) is 16.1. The van der Waals surface area contributed by atoms with E-state index < -0.39 is 11.6 Å². The molecule has 0 radical (unpaired) electrons. The van der Waals surface area contributed by atoms with Gasteiger partial charge in [0.2, 0.25) is 0 Å². The normalized spacial score (nSPS) is 17.2. The maximum Gasteiger partial charge on any atom is 0.266 e. The molecule has 210 valence electrons. The van der Waals surface area contributed by atoms with Crippen LogP contribution in [0.4, 0.5) is 8.78 Å². The van der Waals surface area contributed by atoms with Gasteiger partial charge in [-0.1, -0.05) is 55.3 Å². The van der Waals surface area contributed by atoms with Crippen molar-refractivity contribution in [3.8, 4) is 16.9 Å². The minimum Gasteiger partial charge on any atom is -0.496 e. The standard InChI is InChI=1S/C32H32ClF2NO3S/c1-3-19-6-11-24(12-7-19)36(32(38)31-29(33)28-25(34)13-14-26(35)30(28)40-31)17-23-16-22(10-15-27(23)39-2)21-8-4-20(18-37)5-9-21/h4-5,8-10,13-16,19,24,37H,3,6-7,11-12,17-18H2,1-2H3. The molecule has 40 heavy (non-hydrogen) atoms. The summed E-state index contributed by atoms with van der Waals surface area (Å²) in [5.74, 6) is -0.295. The van der Waals surface area contributed by atoms with Crippen molar-refractivity contribution in [2.75, 3.05) is 7.11 Å². The SMILES string of the molecule is CCC1CCC(N(Cc2cc(-c3ccc(CO)cc3)ccc2OC)C(=O)c2sc3c(F)ccc(F)c3c2Cl)CC1. The molecule has 1 N–H and O–H groups in total. The molecule has 3 aromatic carbocycles. The molecule has 1 heterocycles. The molecule has 1 aliphatic carbocycles. The number of aliphatic hydroxyl groups is 1. The van der Waals surface area contributed by atoms with Crippen LogP contribution in [0.25, 0.3) is 21.2 Å². The quantitative estimate of drug-likeness (QED) is 0.226. The van der Waals surface area contributed by atoms with Gasteiger partial charge in [0.25, 0.3) is 5.91 Å². The molecular weight excluding hydrogens is 552 g/mol. The Hall–Kier alpha value is -3.00. The summed E-state index contributed by atoms with van der Waals surface area (Å²) in [6.45, 7) is 2.43. The van der Waals surface area contributed by atoms with E-state index in [1.54, 1.807) is 7.11 Å². The Morgan fingerprint density at radius 3 is 2.33 bits per heavy atom. The first kappa shape index (κ1) is 28.5. The minimum absolute atomic E-state index is 0.0282. The highest BCUT2D eigenvalue weighted by Gasteiger charge is 2.33. The van der Waals surface area contributed by atoms with Gasteiger partial charge in [-0.15, -0.1) is 11.3 Å². The summed E-state index contributed by atoms with van der Waals surface area (Å²) < 4.78 is 35.0. The van der Waals surface area contributed by atoms with Crippen molar-refractivity contribution in [2.24, 2.45) is 5.92 Å². The molecule has 1 saturated carbocycles. The predicted molar refractivity (Wildman–Crippen MR) is 157 cm³/mol. The number of methoxy groups -OCH3 is 1. The maximum atomic E-state index is 14.6. The number of thiophene rings is 1. The van der Waals surface area contributed by atoms with Gasteiger partial charge in [0.05, 0.1) is 28.8 Å². The predicted octanol–water partition coefficient (Wildman–Crippen LogP) is 8.61. The van der Waals surface area contributed by atoms with Crippen LogP contribution in [0, 0.1) is 17.6 Å². The Kier molecular flexibility index (Phi) is 8.74. The molecule has 0 bridgehead atoms. The van der Waals surface area contributed by atoms with Crippen LogP contribution in [-0.4, -0.2) is 29.1 Å². The first-order valence-electron chi connectivity index (χ1n) is 13.6. The van der Waals surface area contributed by atoms with Gasteiger partial charge in [-0.3, -0.25) is 4.79 Å². The molecule has 1 aliphatic rings. The lowest BCUT2D eigenvalue weighted by Gasteiger charge is -2.37. The molecule has 0 atom stereocenters. The average Bonchev–Trinajstić information content (AvgIpc) is 3.35. The van der Waals surface area contributed by atoms with Crippen LogP contribution in [0.1, 0.15) is 59.8 Å². The lowest BCUT2D eigenvalue weighted by molar-refractivity contribution is 0.0591. The highest BCUT2D eigenvalue weighted by molar-refractivity contribution is 7.21. The molecule has 5 rings (SSSR count). The van der Waals surface area contributed by atoms with Gasteiger partial charge in [0.15, 0.2) is 0 Å². The van der Waals surface area contributed by atoms with Crippen LogP contribution in [-0.2, 0) is 13.2 Å². The fourth-order valence-electron chi connectivity index (χ4n) is 5.67. The Morgan fingerprint density at radius 1 is 1.02 bits per heavy atom. The molecule has 0 spiro atoms. The van der Waals surface area contributed by atoms with Crippen molar-refractivity contribution in [1.29, 1.82) is 0 Å². The molecule has 1 fully saturated rings. The Labute approximate surface area is 242 Å². The van der Waals surface area contributed by atoms with Gasteiger partial charge in [0.1, 0.15) is 22.3 Å². The van der Waals surface area contributed by atoms with Crippen molar-refractivity contribution in [3.05, 3.63) is 87.3 Å². The molecule has 1 aromatic heterocycles. The third-order valence-electron chi connectivity index (χ3n) is 8.06. The molecule has 1 amide bonds. The second-order valence-electron chi connectivity index (χ2n) is 10.4. The highest BCUT2D eigenvalue weighted by Crippen LogP contribution is 2.41. The summed E-state index contributed by atoms with van der Waals surface area (Å²) in [5, 5.41) is 9.32. The first-order chi connectivity index (χ1) is 19.3. The number of aliphatic hydroxyl groups excluding tert-OH is 1. The van der Waals surface area contributed by atoms with E-state index in [9.17, 15) is 18.7 Å². The fourth-order valence-corrected chi connectivity index (χ4v) is 7.17. The molecular formula is C32H32ClF2NO3S. The number of hydrogen-bond donors (Lipinski definition) is 1. The van der Waals surface area contributed by atoms with Crippen molar-refractivity contribution in [3.63, 3.8) is 0 Å². The zero-order valence-electron chi connectivity index (χ0n) is 22.6. The third kappa shape index (κ3) is 5.60. The van der Waals surface area contributed by atoms with Gasteiger partial charge in [0, 0.05) is 18.2 Å². The zero-order chi connectivity index (χ0) is 28.4. The lowest BCUT2D eigenvalue weighted by Crippen LogP contribution is -2.41. The molecule has 0 unspecified atom stereocenters. The zero-order valence-corrected chi connectivity index (χ0v) is 24.1. The van der Waals surface area contributed by atoms with Gasteiger partial charge >= 0.3 is 0 Å². The summed E-state index contributed by atoms with van der Waals surface area (Å²) in [6, 6.07) is 15.6. The van der Waals surface area contributed by atoms with E-state index in [0.717, 1.165) is 77.8 Å². The van der Waals surface area contributed by atoms with Crippen LogP contribution >= 0.6 is 22.9 Å². The average molecular weight is 584 g/mol.